The first-order valence-corrected chi connectivity index (χ1v) is 10.4. The SMILES string of the molecule is c1ccc(COc2ccc(CSc3nnc(C4CCCCC4)o3)cc2)nc1. The number of ether oxygens (including phenoxy) is 1. The number of aromatic nitrogens is 3. The molecule has 140 valence electrons. The van der Waals surface area contributed by atoms with E-state index in [1.165, 1.54) is 37.7 Å². The summed E-state index contributed by atoms with van der Waals surface area (Å²) < 4.78 is 11.6. The van der Waals surface area contributed by atoms with E-state index in [2.05, 4.69) is 27.3 Å². The van der Waals surface area contributed by atoms with E-state index in [0.717, 1.165) is 23.1 Å². The molecule has 0 spiro atoms. The highest BCUT2D eigenvalue weighted by Crippen LogP contribution is 2.33. The number of nitrogens with zero attached hydrogens (tertiary/aromatic N) is 3. The Bertz CT molecular complexity index is 830. The summed E-state index contributed by atoms with van der Waals surface area (Å²) in [5.74, 6) is 2.91. The van der Waals surface area contributed by atoms with Crippen LogP contribution in [0.3, 0.4) is 0 Å². The van der Waals surface area contributed by atoms with E-state index in [1.807, 2.05) is 30.3 Å². The monoisotopic (exact) mass is 381 g/mol. The standard InChI is InChI=1S/C21H23N3O2S/c1-2-6-17(7-3-1)20-23-24-21(26-20)27-15-16-9-11-19(12-10-16)25-14-18-8-4-5-13-22-18/h4-5,8-13,17H,1-3,6-7,14-15H2. The summed E-state index contributed by atoms with van der Waals surface area (Å²) in [7, 11) is 0. The number of thioether (sulfide) groups is 1. The van der Waals surface area contributed by atoms with Crippen molar-refractivity contribution in [3.8, 4) is 5.75 Å². The lowest BCUT2D eigenvalue weighted by Crippen LogP contribution is -2.04. The van der Waals surface area contributed by atoms with Crippen molar-refractivity contribution in [2.45, 2.75) is 55.6 Å². The zero-order chi connectivity index (χ0) is 18.3. The Hall–Kier alpha value is -2.34. The van der Waals surface area contributed by atoms with Crippen LogP contribution in [0.2, 0.25) is 0 Å². The first-order chi connectivity index (χ1) is 13.4. The van der Waals surface area contributed by atoms with Gasteiger partial charge in [-0.2, -0.15) is 0 Å². The molecule has 3 aromatic rings. The second-order valence-electron chi connectivity index (χ2n) is 6.78. The van der Waals surface area contributed by atoms with E-state index in [9.17, 15) is 0 Å². The van der Waals surface area contributed by atoms with Gasteiger partial charge in [0, 0.05) is 17.9 Å². The summed E-state index contributed by atoms with van der Waals surface area (Å²) in [5.41, 5.74) is 2.12. The van der Waals surface area contributed by atoms with Gasteiger partial charge in [0.25, 0.3) is 5.22 Å². The normalized spacial score (nSPS) is 15.0. The number of pyridine rings is 1. The Balaban J connectivity index is 1.27. The van der Waals surface area contributed by atoms with Crippen molar-refractivity contribution in [3.63, 3.8) is 0 Å². The lowest BCUT2D eigenvalue weighted by Gasteiger charge is -2.17. The highest BCUT2D eigenvalue weighted by molar-refractivity contribution is 7.98. The molecule has 6 heteroatoms. The third kappa shape index (κ3) is 5.10. The van der Waals surface area contributed by atoms with Crippen LogP contribution < -0.4 is 4.74 Å². The van der Waals surface area contributed by atoms with Crippen molar-refractivity contribution in [3.05, 3.63) is 65.8 Å². The summed E-state index contributed by atoms with van der Waals surface area (Å²) in [6, 6.07) is 13.9. The van der Waals surface area contributed by atoms with Crippen LogP contribution in [0.4, 0.5) is 0 Å². The van der Waals surface area contributed by atoms with Gasteiger partial charge in [0.05, 0.1) is 5.69 Å². The van der Waals surface area contributed by atoms with Gasteiger partial charge in [0.2, 0.25) is 5.89 Å². The average molecular weight is 382 g/mol. The largest absolute Gasteiger partial charge is 0.487 e. The molecule has 0 unspecified atom stereocenters. The molecule has 2 aromatic heterocycles. The van der Waals surface area contributed by atoms with E-state index < -0.39 is 0 Å². The number of rotatable bonds is 7. The average Bonchev–Trinajstić information content (AvgIpc) is 3.22. The Labute approximate surface area is 163 Å². The molecule has 5 nitrogen and oxygen atoms in total. The molecule has 27 heavy (non-hydrogen) atoms. The van der Waals surface area contributed by atoms with Gasteiger partial charge in [0.15, 0.2) is 0 Å². The quantitative estimate of drug-likeness (QED) is 0.512. The molecule has 4 rings (SSSR count). The summed E-state index contributed by atoms with van der Waals surface area (Å²) >= 11 is 1.58. The van der Waals surface area contributed by atoms with Gasteiger partial charge < -0.3 is 9.15 Å². The maximum atomic E-state index is 5.87. The lowest BCUT2D eigenvalue weighted by molar-refractivity contribution is 0.301. The van der Waals surface area contributed by atoms with Gasteiger partial charge in [-0.15, -0.1) is 10.2 Å². The van der Waals surface area contributed by atoms with E-state index in [1.54, 1.807) is 18.0 Å². The van der Waals surface area contributed by atoms with E-state index in [0.29, 0.717) is 17.7 Å². The van der Waals surface area contributed by atoms with Gasteiger partial charge in [-0.05, 0) is 42.7 Å². The second-order valence-corrected chi connectivity index (χ2v) is 7.71. The van der Waals surface area contributed by atoms with Gasteiger partial charge in [-0.25, -0.2) is 0 Å². The third-order valence-electron chi connectivity index (χ3n) is 4.78. The number of hydrogen-bond donors (Lipinski definition) is 0. The van der Waals surface area contributed by atoms with Crippen LogP contribution in [0.25, 0.3) is 0 Å². The first-order valence-electron chi connectivity index (χ1n) is 9.45. The second kappa shape index (κ2) is 9.04. The van der Waals surface area contributed by atoms with Gasteiger partial charge in [0.1, 0.15) is 12.4 Å². The fraction of sp³-hybridized carbons (Fsp3) is 0.381. The molecular weight excluding hydrogens is 358 g/mol. The van der Waals surface area contributed by atoms with Gasteiger partial charge >= 0.3 is 0 Å². The minimum absolute atomic E-state index is 0.455. The number of hydrogen-bond acceptors (Lipinski definition) is 6. The molecule has 1 aliphatic rings. The highest BCUT2D eigenvalue weighted by Gasteiger charge is 2.21. The molecule has 0 bridgehead atoms. The van der Waals surface area contributed by atoms with E-state index >= 15 is 0 Å². The maximum absolute atomic E-state index is 5.87. The first kappa shape index (κ1) is 18.0. The lowest BCUT2D eigenvalue weighted by atomic mass is 9.89. The molecule has 1 aliphatic carbocycles. The zero-order valence-electron chi connectivity index (χ0n) is 15.2. The summed E-state index contributed by atoms with van der Waals surface area (Å²) in [5, 5.41) is 9.12. The van der Waals surface area contributed by atoms with Crippen molar-refractivity contribution in [1.82, 2.24) is 15.2 Å². The topological polar surface area (TPSA) is 61.0 Å². The fourth-order valence-electron chi connectivity index (χ4n) is 3.26. The highest BCUT2D eigenvalue weighted by atomic mass is 32.2. The molecular formula is C21H23N3O2S. The van der Waals surface area contributed by atoms with Gasteiger partial charge in [-0.1, -0.05) is 49.2 Å². The summed E-state index contributed by atoms with van der Waals surface area (Å²) in [4.78, 5) is 4.26. The molecule has 0 radical (unpaired) electrons. The molecule has 0 atom stereocenters. The van der Waals surface area contributed by atoms with E-state index in [4.69, 9.17) is 9.15 Å². The molecule has 2 heterocycles. The molecule has 1 fully saturated rings. The molecule has 0 saturated heterocycles. The van der Waals surface area contributed by atoms with Crippen molar-refractivity contribution in [2.24, 2.45) is 0 Å². The summed E-state index contributed by atoms with van der Waals surface area (Å²) in [6.07, 6.45) is 7.98. The summed E-state index contributed by atoms with van der Waals surface area (Å²) in [6.45, 7) is 0.473. The maximum Gasteiger partial charge on any atom is 0.276 e. The van der Waals surface area contributed by atoms with Gasteiger partial charge in [-0.3, -0.25) is 4.98 Å². The van der Waals surface area contributed by atoms with Crippen LogP contribution in [0.1, 0.15) is 55.2 Å². The molecule has 0 aliphatic heterocycles. The van der Waals surface area contributed by atoms with Crippen LogP contribution in [-0.4, -0.2) is 15.2 Å². The van der Waals surface area contributed by atoms with Crippen molar-refractivity contribution >= 4 is 11.8 Å². The van der Waals surface area contributed by atoms with Crippen LogP contribution >= 0.6 is 11.8 Å². The number of benzene rings is 1. The Morgan fingerprint density at radius 1 is 1.00 bits per heavy atom. The Kier molecular flexibility index (Phi) is 6.04. The molecule has 0 N–H and O–H groups in total. The smallest absolute Gasteiger partial charge is 0.276 e. The van der Waals surface area contributed by atoms with Crippen LogP contribution in [0.5, 0.6) is 5.75 Å². The molecule has 1 saturated carbocycles. The van der Waals surface area contributed by atoms with Crippen LogP contribution in [-0.2, 0) is 12.4 Å². The zero-order valence-corrected chi connectivity index (χ0v) is 16.0. The van der Waals surface area contributed by atoms with Crippen molar-refractivity contribution in [2.75, 3.05) is 0 Å². The predicted octanol–water partition coefficient (Wildman–Crippen LogP) is 5.38. The Morgan fingerprint density at radius 2 is 1.85 bits per heavy atom. The van der Waals surface area contributed by atoms with Crippen molar-refractivity contribution in [1.29, 1.82) is 0 Å². The van der Waals surface area contributed by atoms with Crippen LogP contribution in [0.15, 0.2) is 58.3 Å². The molecule has 1 aromatic carbocycles. The molecule has 0 amide bonds. The fourth-order valence-corrected chi connectivity index (χ4v) is 3.99. The minimum atomic E-state index is 0.455. The van der Waals surface area contributed by atoms with Crippen molar-refractivity contribution < 1.29 is 9.15 Å². The predicted molar refractivity (Wildman–Crippen MR) is 105 cm³/mol. The van der Waals surface area contributed by atoms with Crippen LogP contribution in [0, 0.1) is 0 Å². The minimum Gasteiger partial charge on any atom is -0.487 e. The Morgan fingerprint density at radius 3 is 2.63 bits per heavy atom. The van der Waals surface area contributed by atoms with E-state index in [-0.39, 0.29) is 0 Å². The third-order valence-corrected chi connectivity index (χ3v) is 5.66.